The van der Waals surface area contributed by atoms with Gasteiger partial charge in [-0.3, -0.25) is 9.78 Å². The predicted octanol–water partition coefficient (Wildman–Crippen LogP) is 3.31. The molecule has 0 aliphatic carbocycles. The van der Waals surface area contributed by atoms with Crippen molar-refractivity contribution in [3.63, 3.8) is 0 Å². The van der Waals surface area contributed by atoms with Gasteiger partial charge in [-0.25, -0.2) is 9.97 Å². The van der Waals surface area contributed by atoms with Crippen LogP contribution >= 0.6 is 0 Å². The van der Waals surface area contributed by atoms with E-state index in [4.69, 9.17) is 0 Å². The molecule has 1 aliphatic heterocycles. The number of piperidine rings is 1. The summed E-state index contributed by atoms with van der Waals surface area (Å²) in [6, 6.07) is 10.5. The zero-order valence-electron chi connectivity index (χ0n) is 16.8. The highest BCUT2D eigenvalue weighted by atomic mass is 16.1. The smallest absolute Gasteiger partial charge is 0.220 e. The first-order valence-electron chi connectivity index (χ1n) is 10.4. The van der Waals surface area contributed by atoms with Crippen LogP contribution in [0.1, 0.15) is 37.4 Å². The summed E-state index contributed by atoms with van der Waals surface area (Å²) >= 11 is 0. The SMILES string of the molecule is CCc1cc(N2CCC(NC(=O)CCc3cncc4ccccc34)CC2)ncn1. The number of hydrogen-bond acceptors (Lipinski definition) is 5. The van der Waals surface area contributed by atoms with E-state index in [1.54, 1.807) is 6.33 Å². The van der Waals surface area contributed by atoms with E-state index >= 15 is 0 Å². The Morgan fingerprint density at radius 1 is 1.17 bits per heavy atom. The number of amides is 1. The van der Waals surface area contributed by atoms with Gasteiger partial charge in [-0.2, -0.15) is 0 Å². The minimum atomic E-state index is 0.117. The molecule has 1 aromatic carbocycles. The second-order valence-corrected chi connectivity index (χ2v) is 7.57. The van der Waals surface area contributed by atoms with Crippen LogP contribution in [0.2, 0.25) is 0 Å². The van der Waals surface area contributed by atoms with E-state index in [0.717, 1.165) is 54.8 Å². The number of pyridine rings is 1. The van der Waals surface area contributed by atoms with Crippen molar-refractivity contribution in [2.45, 2.75) is 45.1 Å². The van der Waals surface area contributed by atoms with E-state index in [1.165, 1.54) is 5.39 Å². The molecule has 1 saturated heterocycles. The van der Waals surface area contributed by atoms with Crippen LogP contribution in [0, 0.1) is 0 Å². The number of carbonyl (C=O) groups excluding carboxylic acids is 1. The molecular formula is C23H27N5O. The second-order valence-electron chi connectivity index (χ2n) is 7.57. The van der Waals surface area contributed by atoms with Crippen LogP contribution in [0.4, 0.5) is 5.82 Å². The van der Waals surface area contributed by atoms with E-state index in [-0.39, 0.29) is 11.9 Å². The summed E-state index contributed by atoms with van der Waals surface area (Å²) in [5, 5.41) is 5.51. The lowest BCUT2D eigenvalue weighted by atomic mass is 10.0. The monoisotopic (exact) mass is 389 g/mol. The molecular weight excluding hydrogens is 362 g/mol. The van der Waals surface area contributed by atoms with Crippen LogP contribution in [0.5, 0.6) is 0 Å². The Kier molecular flexibility index (Phi) is 5.98. The molecule has 1 fully saturated rings. The fraction of sp³-hybridized carbons (Fsp3) is 0.391. The highest BCUT2D eigenvalue weighted by Gasteiger charge is 2.21. The van der Waals surface area contributed by atoms with Crippen molar-refractivity contribution < 1.29 is 4.79 Å². The maximum atomic E-state index is 12.5. The van der Waals surface area contributed by atoms with Gasteiger partial charge in [-0.05, 0) is 36.6 Å². The lowest BCUT2D eigenvalue weighted by Crippen LogP contribution is -2.45. The molecule has 0 atom stereocenters. The van der Waals surface area contributed by atoms with Crippen LogP contribution in [0.3, 0.4) is 0 Å². The van der Waals surface area contributed by atoms with Crippen LogP contribution in [0.15, 0.2) is 49.1 Å². The molecule has 3 aromatic rings. The summed E-state index contributed by atoms with van der Waals surface area (Å²) in [4.78, 5) is 27.8. The molecule has 4 rings (SSSR count). The van der Waals surface area contributed by atoms with Gasteiger partial charge >= 0.3 is 0 Å². The average Bonchev–Trinajstić information content (AvgIpc) is 2.78. The van der Waals surface area contributed by atoms with E-state index in [0.29, 0.717) is 12.8 Å². The summed E-state index contributed by atoms with van der Waals surface area (Å²) in [7, 11) is 0. The lowest BCUT2D eigenvalue weighted by Gasteiger charge is -2.33. The third kappa shape index (κ3) is 4.70. The number of aromatic nitrogens is 3. The molecule has 0 spiro atoms. The number of anilines is 1. The highest BCUT2D eigenvalue weighted by Crippen LogP contribution is 2.20. The number of nitrogens with zero attached hydrogens (tertiary/aromatic N) is 4. The Morgan fingerprint density at radius 3 is 2.83 bits per heavy atom. The number of hydrogen-bond donors (Lipinski definition) is 1. The Balaban J connectivity index is 1.27. The molecule has 6 heteroatoms. The Hall–Kier alpha value is -3.02. The topological polar surface area (TPSA) is 71.0 Å². The normalized spacial score (nSPS) is 14.9. The first-order valence-corrected chi connectivity index (χ1v) is 10.4. The maximum Gasteiger partial charge on any atom is 0.220 e. The van der Waals surface area contributed by atoms with Crippen molar-refractivity contribution in [1.29, 1.82) is 0 Å². The molecule has 0 saturated carbocycles. The zero-order valence-corrected chi connectivity index (χ0v) is 16.8. The Bertz CT molecular complexity index is 976. The fourth-order valence-electron chi connectivity index (χ4n) is 3.93. The van der Waals surface area contributed by atoms with Crippen LogP contribution in [-0.4, -0.2) is 40.0 Å². The van der Waals surface area contributed by atoms with Crippen molar-refractivity contribution in [3.8, 4) is 0 Å². The Labute approximate surface area is 171 Å². The lowest BCUT2D eigenvalue weighted by molar-refractivity contribution is -0.121. The highest BCUT2D eigenvalue weighted by molar-refractivity contribution is 5.85. The second kappa shape index (κ2) is 8.99. The van der Waals surface area contributed by atoms with Crippen molar-refractivity contribution in [3.05, 3.63) is 60.3 Å². The number of rotatable bonds is 6. The molecule has 1 N–H and O–H groups in total. The van der Waals surface area contributed by atoms with E-state index < -0.39 is 0 Å². The van der Waals surface area contributed by atoms with Gasteiger partial charge in [0.05, 0.1) is 0 Å². The fourth-order valence-corrected chi connectivity index (χ4v) is 3.93. The molecule has 29 heavy (non-hydrogen) atoms. The van der Waals surface area contributed by atoms with Gasteiger partial charge in [0.25, 0.3) is 0 Å². The van der Waals surface area contributed by atoms with Crippen molar-refractivity contribution in [2.75, 3.05) is 18.0 Å². The minimum Gasteiger partial charge on any atom is -0.356 e. The van der Waals surface area contributed by atoms with Gasteiger partial charge in [0.2, 0.25) is 5.91 Å². The standard InChI is InChI=1S/C23H27N5O/c1-2-19-13-22(26-16-25-19)28-11-9-20(10-12-28)27-23(29)8-7-18-15-24-14-17-5-3-4-6-21(17)18/h3-6,13-16,20H,2,7-12H2,1H3,(H,27,29). The van der Waals surface area contributed by atoms with Crippen molar-refractivity contribution in [1.82, 2.24) is 20.3 Å². The Morgan fingerprint density at radius 2 is 2.00 bits per heavy atom. The van der Waals surface area contributed by atoms with Crippen LogP contribution in [0.25, 0.3) is 10.8 Å². The average molecular weight is 390 g/mol. The summed E-state index contributed by atoms with van der Waals surface area (Å²) in [5.41, 5.74) is 2.19. The number of benzene rings is 1. The molecule has 6 nitrogen and oxygen atoms in total. The van der Waals surface area contributed by atoms with Gasteiger partial charge in [-0.1, -0.05) is 31.2 Å². The quantitative estimate of drug-likeness (QED) is 0.700. The largest absolute Gasteiger partial charge is 0.356 e. The number of fused-ring (bicyclic) bond motifs is 1. The molecule has 0 unspecified atom stereocenters. The third-order valence-corrected chi connectivity index (χ3v) is 5.63. The molecule has 150 valence electrons. The molecule has 2 aromatic heterocycles. The summed E-state index contributed by atoms with van der Waals surface area (Å²) < 4.78 is 0. The number of aryl methyl sites for hydroxylation is 2. The van der Waals surface area contributed by atoms with Crippen LogP contribution in [-0.2, 0) is 17.6 Å². The van der Waals surface area contributed by atoms with Gasteiger partial charge in [0.15, 0.2) is 0 Å². The van der Waals surface area contributed by atoms with Gasteiger partial charge in [-0.15, -0.1) is 0 Å². The maximum absolute atomic E-state index is 12.5. The molecule has 1 aliphatic rings. The first-order chi connectivity index (χ1) is 14.2. The summed E-state index contributed by atoms with van der Waals surface area (Å²) in [6.45, 7) is 3.90. The van der Waals surface area contributed by atoms with Crippen LogP contribution < -0.4 is 10.2 Å². The van der Waals surface area contributed by atoms with Gasteiger partial charge < -0.3 is 10.2 Å². The van der Waals surface area contributed by atoms with Crippen molar-refractivity contribution >= 4 is 22.5 Å². The van der Waals surface area contributed by atoms with E-state index in [1.807, 2.05) is 24.5 Å². The van der Waals surface area contributed by atoms with Gasteiger partial charge in [0, 0.05) is 55.1 Å². The van der Waals surface area contributed by atoms with Gasteiger partial charge in [0.1, 0.15) is 12.1 Å². The zero-order chi connectivity index (χ0) is 20.1. The summed E-state index contributed by atoms with van der Waals surface area (Å²) in [6.07, 6.45) is 9.37. The molecule has 1 amide bonds. The molecule has 3 heterocycles. The third-order valence-electron chi connectivity index (χ3n) is 5.63. The molecule has 0 radical (unpaired) electrons. The number of carbonyl (C=O) groups is 1. The molecule has 0 bridgehead atoms. The van der Waals surface area contributed by atoms with Crippen molar-refractivity contribution in [2.24, 2.45) is 0 Å². The van der Waals surface area contributed by atoms with E-state index in [9.17, 15) is 4.79 Å². The summed E-state index contributed by atoms with van der Waals surface area (Å²) in [5.74, 6) is 1.11. The first kappa shape index (κ1) is 19.3. The predicted molar refractivity (Wildman–Crippen MR) is 115 cm³/mol. The minimum absolute atomic E-state index is 0.117. The van der Waals surface area contributed by atoms with E-state index in [2.05, 4.69) is 50.3 Å². The number of nitrogens with one attached hydrogen (secondary N) is 1.